The van der Waals surface area contributed by atoms with Gasteiger partial charge in [0.1, 0.15) is 9.86 Å². The average molecular weight is 273 g/mol. The molecule has 0 spiro atoms. The van der Waals surface area contributed by atoms with E-state index in [2.05, 4.69) is 23.0 Å². The zero-order valence-corrected chi connectivity index (χ0v) is 11.5. The third kappa shape index (κ3) is 2.87. The minimum Gasteiger partial charge on any atom is -0.211 e. The van der Waals surface area contributed by atoms with Crippen LogP contribution in [0.5, 0.6) is 0 Å². The Morgan fingerprint density at radius 3 is 3.06 bits per heavy atom. The van der Waals surface area contributed by atoms with Crippen LogP contribution < -0.4 is 0 Å². The lowest BCUT2D eigenvalue weighted by Gasteiger charge is -2.02. The van der Waals surface area contributed by atoms with Gasteiger partial charge in [-0.3, -0.25) is 0 Å². The van der Waals surface area contributed by atoms with Crippen LogP contribution in [0.1, 0.15) is 26.2 Å². The number of hydrogen-bond acceptors (Lipinski definition) is 4. The van der Waals surface area contributed by atoms with Gasteiger partial charge in [0.25, 0.3) is 0 Å². The van der Waals surface area contributed by atoms with E-state index in [0.29, 0.717) is 5.28 Å². The van der Waals surface area contributed by atoms with Crippen molar-refractivity contribution in [1.82, 2.24) is 9.97 Å². The van der Waals surface area contributed by atoms with Gasteiger partial charge in [0, 0.05) is 5.39 Å². The van der Waals surface area contributed by atoms with Crippen molar-refractivity contribution < 1.29 is 0 Å². The molecule has 0 aromatic carbocycles. The zero-order valence-electron chi connectivity index (χ0n) is 9.07. The van der Waals surface area contributed by atoms with Crippen molar-refractivity contribution in [2.24, 2.45) is 0 Å². The van der Waals surface area contributed by atoms with Crippen molar-refractivity contribution in [2.45, 2.75) is 31.2 Å². The SMILES string of the molecule is CCCCCSc1nc(Cl)nc2sccc12. The minimum atomic E-state index is 0.355. The molecule has 0 aliphatic carbocycles. The highest BCUT2D eigenvalue weighted by molar-refractivity contribution is 7.99. The Hall–Kier alpha value is -0.320. The summed E-state index contributed by atoms with van der Waals surface area (Å²) in [6.07, 6.45) is 3.76. The molecule has 0 aliphatic heterocycles. The van der Waals surface area contributed by atoms with E-state index in [1.54, 1.807) is 23.1 Å². The Kier molecular flexibility index (Phi) is 4.44. The molecule has 0 bridgehead atoms. The fourth-order valence-corrected chi connectivity index (χ4v) is 3.55. The lowest BCUT2D eigenvalue weighted by Crippen LogP contribution is -1.88. The lowest BCUT2D eigenvalue weighted by atomic mass is 10.3. The van der Waals surface area contributed by atoms with Gasteiger partial charge >= 0.3 is 0 Å². The first-order valence-electron chi connectivity index (χ1n) is 5.35. The number of halogens is 1. The molecule has 2 aromatic rings. The van der Waals surface area contributed by atoms with E-state index in [0.717, 1.165) is 21.0 Å². The summed E-state index contributed by atoms with van der Waals surface area (Å²) in [4.78, 5) is 9.48. The predicted octanol–water partition coefficient (Wildman–Crippen LogP) is 4.63. The van der Waals surface area contributed by atoms with Crippen LogP contribution in [0, 0.1) is 0 Å². The first-order valence-corrected chi connectivity index (χ1v) is 7.59. The summed E-state index contributed by atoms with van der Waals surface area (Å²) in [5.41, 5.74) is 0. The molecule has 0 radical (unpaired) electrons. The number of aromatic nitrogens is 2. The number of nitrogens with zero attached hydrogens (tertiary/aromatic N) is 2. The van der Waals surface area contributed by atoms with Crippen LogP contribution in [0.4, 0.5) is 0 Å². The molecule has 0 atom stereocenters. The molecule has 0 fully saturated rings. The van der Waals surface area contributed by atoms with Crippen LogP contribution in [0.25, 0.3) is 10.2 Å². The van der Waals surface area contributed by atoms with Gasteiger partial charge in [0.15, 0.2) is 0 Å². The second-order valence-corrected chi connectivity index (χ2v) is 5.81. The van der Waals surface area contributed by atoms with Crippen LogP contribution in [0.2, 0.25) is 5.28 Å². The number of hydrogen-bond donors (Lipinski definition) is 0. The Morgan fingerprint density at radius 2 is 2.25 bits per heavy atom. The van der Waals surface area contributed by atoms with Gasteiger partial charge in [-0.05, 0) is 35.2 Å². The van der Waals surface area contributed by atoms with Gasteiger partial charge in [-0.2, -0.15) is 0 Å². The summed E-state index contributed by atoms with van der Waals surface area (Å²) in [5.74, 6) is 1.10. The Labute approximate surface area is 108 Å². The molecule has 16 heavy (non-hydrogen) atoms. The van der Waals surface area contributed by atoms with Crippen molar-refractivity contribution in [3.63, 3.8) is 0 Å². The van der Waals surface area contributed by atoms with Crippen molar-refractivity contribution in [3.05, 3.63) is 16.7 Å². The highest BCUT2D eigenvalue weighted by atomic mass is 35.5. The van der Waals surface area contributed by atoms with Crippen LogP contribution in [0.15, 0.2) is 16.5 Å². The minimum absolute atomic E-state index is 0.355. The molecule has 2 aromatic heterocycles. The van der Waals surface area contributed by atoms with E-state index < -0.39 is 0 Å². The summed E-state index contributed by atoms with van der Waals surface area (Å²) in [6, 6.07) is 2.07. The third-order valence-corrected chi connectivity index (χ3v) is 4.30. The molecule has 86 valence electrons. The van der Waals surface area contributed by atoms with Gasteiger partial charge in [-0.25, -0.2) is 9.97 Å². The fourth-order valence-electron chi connectivity index (χ4n) is 1.43. The summed E-state index contributed by atoms with van der Waals surface area (Å²) >= 11 is 9.28. The summed E-state index contributed by atoms with van der Waals surface area (Å²) in [5, 5.41) is 4.54. The smallest absolute Gasteiger partial charge is 0.211 e. The third-order valence-electron chi connectivity index (χ3n) is 2.25. The monoisotopic (exact) mass is 272 g/mol. The standard InChI is InChI=1S/C11H13ClN2S2/c1-2-3-4-6-15-9-8-5-7-16-10(8)14-11(12)13-9/h5,7H,2-4,6H2,1H3. The van der Waals surface area contributed by atoms with Gasteiger partial charge in [-0.15, -0.1) is 23.1 Å². The van der Waals surface area contributed by atoms with Crippen molar-refractivity contribution >= 4 is 44.9 Å². The predicted molar refractivity (Wildman–Crippen MR) is 72.7 cm³/mol. The van der Waals surface area contributed by atoms with E-state index >= 15 is 0 Å². The molecule has 0 aliphatic rings. The molecular weight excluding hydrogens is 260 g/mol. The van der Waals surface area contributed by atoms with E-state index in [1.807, 2.05) is 5.38 Å². The Balaban J connectivity index is 2.12. The fraction of sp³-hybridized carbons (Fsp3) is 0.455. The Bertz CT molecular complexity index is 470. The summed E-state index contributed by atoms with van der Waals surface area (Å²) in [7, 11) is 0. The maximum absolute atomic E-state index is 5.89. The molecule has 0 unspecified atom stereocenters. The van der Waals surface area contributed by atoms with Gasteiger partial charge in [0.05, 0.1) is 0 Å². The second-order valence-electron chi connectivity index (χ2n) is 3.49. The van der Waals surface area contributed by atoms with E-state index in [-0.39, 0.29) is 0 Å². The zero-order chi connectivity index (χ0) is 11.4. The molecule has 0 saturated heterocycles. The number of thiophene rings is 1. The molecule has 5 heteroatoms. The van der Waals surface area contributed by atoms with Crippen molar-refractivity contribution in [2.75, 3.05) is 5.75 Å². The molecule has 0 N–H and O–H groups in total. The molecule has 0 saturated carbocycles. The molecular formula is C11H13ClN2S2. The maximum Gasteiger partial charge on any atom is 0.224 e. The molecule has 2 nitrogen and oxygen atoms in total. The van der Waals surface area contributed by atoms with E-state index in [4.69, 9.17) is 11.6 Å². The van der Waals surface area contributed by atoms with Crippen molar-refractivity contribution in [3.8, 4) is 0 Å². The number of fused-ring (bicyclic) bond motifs is 1. The summed E-state index contributed by atoms with van der Waals surface area (Å²) in [6.45, 7) is 2.21. The first-order chi connectivity index (χ1) is 7.81. The molecule has 0 amide bonds. The van der Waals surface area contributed by atoms with Gasteiger partial charge in [0.2, 0.25) is 5.28 Å². The van der Waals surface area contributed by atoms with Crippen LogP contribution in [-0.2, 0) is 0 Å². The van der Waals surface area contributed by atoms with E-state index in [1.165, 1.54) is 19.3 Å². The van der Waals surface area contributed by atoms with Crippen LogP contribution >= 0.6 is 34.7 Å². The largest absolute Gasteiger partial charge is 0.224 e. The van der Waals surface area contributed by atoms with Crippen LogP contribution in [0.3, 0.4) is 0 Å². The highest BCUT2D eigenvalue weighted by Gasteiger charge is 2.07. The van der Waals surface area contributed by atoms with Crippen molar-refractivity contribution in [1.29, 1.82) is 0 Å². The van der Waals surface area contributed by atoms with Crippen LogP contribution in [-0.4, -0.2) is 15.7 Å². The normalized spacial score (nSPS) is 11.1. The highest BCUT2D eigenvalue weighted by Crippen LogP contribution is 2.30. The average Bonchev–Trinajstić information content (AvgIpc) is 2.72. The second kappa shape index (κ2) is 5.84. The quantitative estimate of drug-likeness (QED) is 0.344. The van der Waals surface area contributed by atoms with Gasteiger partial charge in [-0.1, -0.05) is 19.8 Å². The number of thioether (sulfide) groups is 1. The molecule has 2 heterocycles. The lowest BCUT2D eigenvalue weighted by molar-refractivity contribution is 0.778. The topological polar surface area (TPSA) is 25.8 Å². The number of unbranched alkanes of at least 4 members (excludes halogenated alkanes) is 2. The first kappa shape index (κ1) is 12.1. The maximum atomic E-state index is 5.89. The molecule has 2 rings (SSSR count). The van der Waals surface area contributed by atoms with E-state index in [9.17, 15) is 0 Å². The van der Waals surface area contributed by atoms with Gasteiger partial charge < -0.3 is 0 Å². The number of rotatable bonds is 5. The summed E-state index contributed by atoms with van der Waals surface area (Å²) < 4.78 is 0. The Morgan fingerprint density at radius 1 is 1.38 bits per heavy atom.